The Bertz CT molecular complexity index is 163. The molecule has 6 heteroatoms. The van der Waals surface area contributed by atoms with Crippen LogP contribution in [0.5, 0.6) is 0 Å². The van der Waals surface area contributed by atoms with Crippen molar-refractivity contribution in [2.24, 2.45) is 4.99 Å². The molecule has 78 valence electrons. The molecule has 0 heterocycles. The molecule has 0 rings (SSSR count). The van der Waals surface area contributed by atoms with Crippen LogP contribution in [0.4, 0.5) is 0 Å². The summed E-state index contributed by atoms with van der Waals surface area (Å²) in [7, 11) is 1.39. The number of aliphatic hydroxyl groups excluding tert-OH is 5. The highest BCUT2D eigenvalue weighted by molar-refractivity contribution is 5.63. The van der Waals surface area contributed by atoms with Crippen LogP contribution in [0.3, 0.4) is 0 Å². The Kier molecular flexibility index (Phi) is 5.76. The molecule has 0 aliphatic heterocycles. The summed E-state index contributed by atoms with van der Waals surface area (Å²) in [6.07, 6.45) is -4.97. The fourth-order valence-electron chi connectivity index (χ4n) is 0.779. The van der Waals surface area contributed by atoms with E-state index in [1.807, 2.05) is 0 Å². The first kappa shape index (κ1) is 12.5. The zero-order valence-corrected chi connectivity index (χ0v) is 7.28. The molecule has 0 saturated heterocycles. The third-order valence-electron chi connectivity index (χ3n) is 1.58. The van der Waals surface area contributed by atoms with E-state index in [-0.39, 0.29) is 0 Å². The van der Waals surface area contributed by atoms with Crippen LogP contribution in [-0.4, -0.2) is 69.8 Å². The molecule has 0 aliphatic rings. The van der Waals surface area contributed by atoms with Crippen LogP contribution in [0.15, 0.2) is 4.99 Å². The minimum absolute atomic E-state index is 0.686. The lowest BCUT2D eigenvalue weighted by Gasteiger charge is -2.23. The van der Waals surface area contributed by atoms with Crippen molar-refractivity contribution in [2.45, 2.75) is 24.4 Å². The van der Waals surface area contributed by atoms with E-state index in [2.05, 4.69) is 4.99 Å². The first-order valence-electron chi connectivity index (χ1n) is 3.80. The van der Waals surface area contributed by atoms with Crippen LogP contribution in [0.1, 0.15) is 0 Å². The van der Waals surface area contributed by atoms with Gasteiger partial charge in [0.1, 0.15) is 24.4 Å². The van der Waals surface area contributed by atoms with Gasteiger partial charge in [-0.05, 0) is 0 Å². The van der Waals surface area contributed by atoms with Gasteiger partial charge in [0.05, 0.1) is 6.61 Å². The molecule has 0 amide bonds. The van der Waals surface area contributed by atoms with E-state index in [9.17, 15) is 0 Å². The maximum atomic E-state index is 9.16. The van der Waals surface area contributed by atoms with Gasteiger partial charge in [-0.1, -0.05) is 0 Å². The Morgan fingerprint density at radius 1 is 1.15 bits per heavy atom. The highest BCUT2D eigenvalue weighted by Crippen LogP contribution is 2.03. The van der Waals surface area contributed by atoms with Crippen LogP contribution in [0, 0.1) is 0 Å². The van der Waals surface area contributed by atoms with Crippen molar-refractivity contribution in [1.82, 2.24) is 0 Å². The third-order valence-corrected chi connectivity index (χ3v) is 1.58. The Morgan fingerprint density at radius 2 is 1.69 bits per heavy atom. The van der Waals surface area contributed by atoms with E-state index in [1.165, 1.54) is 7.05 Å². The van der Waals surface area contributed by atoms with Gasteiger partial charge < -0.3 is 25.5 Å². The van der Waals surface area contributed by atoms with Crippen LogP contribution in [0.25, 0.3) is 0 Å². The van der Waals surface area contributed by atoms with Crippen molar-refractivity contribution in [3.63, 3.8) is 0 Å². The standard InChI is InChI=1S/C7H15NO5/c1-8-2-4(10)6(12)7(13)5(11)3-9/h2,4-7,9-13H,3H2,1H3. The van der Waals surface area contributed by atoms with Gasteiger partial charge in [0, 0.05) is 13.3 Å². The summed E-state index contributed by atoms with van der Waals surface area (Å²) in [5, 5.41) is 44.7. The molecule has 13 heavy (non-hydrogen) atoms. The van der Waals surface area contributed by atoms with E-state index >= 15 is 0 Å². The molecule has 0 radical (unpaired) electrons. The molecule has 0 aliphatic carbocycles. The normalized spacial score (nSPS) is 21.4. The Hall–Kier alpha value is -0.530. The SMILES string of the molecule is CN=CC(O)C(O)C(O)C(O)CO. The minimum Gasteiger partial charge on any atom is -0.394 e. The lowest BCUT2D eigenvalue weighted by Crippen LogP contribution is -2.46. The summed E-state index contributed by atoms with van der Waals surface area (Å²) in [5.41, 5.74) is 0. The zero-order chi connectivity index (χ0) is 10.4. The predicted molar refractivity (Wildman–Crippen MR) is 45.5 cm³/mol. The van der Waals surface area contributed by atoms with Gasteiger partial charge in [0.2, 0.25) is 0 Å². The first-order chi connectivity index (χ1) is 6.04. The minimum atomic E-state index is -1.60. The Labute approximate surface area is 75.8 Å². The maximum Gasteiger partial charge on any atom is 0.117 e. The summed E-state index contributed by atoms with van der Waals surface area (Å²) < 4.78 is 0. The number of aliphatic imine (C=N–C) groups is 1. The molecule has 0 aromatic heterocycles. The summed E-state index contributed by atoms with van der Waals surface area (Å²) >= 11 is 0. The van der Waals surface area contributed by atoms with Crippen molar-refractivity contribution < 1.29 is 25.5 Å². The molecule has 0 spiro atoms. The van der Waals surface area contributed by atoms with Crippen LogP contribution in [0.2, 0.25) is 0 Å². The summed E-state index contributed by atoms with van der Waals surface area (Å²) in [6.45, 7) is -0.686. The number of aliphatic hydroxyl groups is 5. The van der Waals surface area contributed by atoms with Crippen molar-refractivity contribution in [3.8, 4) is 0 Å². The number of rotatable bonds is 5. The molecule has 4 unspecified atom stereocenters. The molecular weight excluding hydrogens is 178 g/mol. The molecule has 6 nitrogen and oxygen atoms in total. The second-order valence-electron chi connectivity index (χ2n) is 2.63. The van der Waals surface area contributed by atoms with Gasteiger partial charge in [-0.15, -0.1) is 0 Å². The highest BCUT2D eigenvalue weighted by Gasteiger charge is 2.28. The van der Waals surface area contributed by atoms with Crippen LogP contribution >= 0.6 is 0 Å². The second-order valence-corrected chi connectivity index (χ2v) is 2.63. The summed E-state index contributed by atoms with van der Waals surface area (Å²) in [6, 6.07) is 0. The molecular formula is C7H15NO5. The van der Waals surface area contributed by atoms with Crippen molar-refractivity contribution in [1.29, 1.82) is 0 Å². The smallest absolute Gasteiger partial charge is 0.117 e. The summed E-state index contributed by atoms with van der Waals surface area (Å²) in [5.74, 6) is 0. The van der Waals surface area contributed by atoms with E-state index in [0.717, 1.165) is 6.21 Å². The topological polar surface area (TPSA) is 114 Å². The third kappa shape index (κ3) is 3.79. The van der Waals surface area contributed by atoms with Crippen molar-refractivity contribution >= 4 is 6.21 Å². The number of hydrogen-bond donors (Lipinski definition) is 5. The number of hydrogen-bond acceptors (Lipinski definition) is 6. The molecule has 0 fully saturated rings. The maximum absolute atomic E-state index is 9.16. The summed E-state index contributed by atoms with van der Waals surface area (Å²) in [4.78, 5) is 3.43. The lowest BCUT2D eigenvalue weighted by atomic mass is 10.0. The van der Waals surface area contributed by atoms with E-state index in [0.29, 0.717) is 0 Å². The predicted octanol–water partition coefficient (Wildman–Crippen LogP) is -2.88. The zero-order valence-electron chi connectivity index (χ0n) is 7.28. The molecule has 0 aromatic carbocycles. The van der Waals surface area contributed by atoms with Gasteiger partial charge in [-0.25, -0.2) is 0 Å². The monoisotopic (exact) mass is 193 g/mol. The number of nitrogens with zero attached hydrogens (tertiary/aromatic N) is 1. The molecule has 4 atom stereocenters. The van der Waals surface area contributed by atoms with Gasteiger partial charge in [-0.3, -0.25) is 4.99 Å². The molecule has 0 bridgehead atoms. The highest BCUT2D eigenvalue weighted by atomic mass is 16.4. The van der Waals surface area contributed by atoms with E-state index < -0.39 is 31.0 Å². The Balaban J connectivity index is 4.15. The van der Waals surface area contributed by atoms with Gasteiger partial charge in [0.25, 0.3) is 0 Å². The average molecular weight is 193 g/mol. The lowest BCUT2D eigenvalue weighted by molar-refractivity contribution is -0.0999. The van der Waals surface area contributed by atoms with Crippen LogP contribution in [-0.2, 0) is 0 Å². The average Bonchev–Trinajstić information content (AvgIpc) is 2.14. The first-order valence-corrected chi connectivity index (χ1v) is 3.80. The largest absolute Gasteiger partial charge is 0.394 e. The molecule has 5 N–H and O–H groups in total. The van der Waals surface area contributed by atoms with Crippen molar-refractivity contribution in [3.05, 3.63) is 0 Å². The van der Waals surface area contributed by atoms with E-state index in [1.54, 1.807) is 0 Å². The van der Waals surface area contributed by atoms with E-state index in [4.69, 9.17) is 25.5 Å². The fraction of sp³-hybridized carbons (Fsp3) is 0.857. The quantitative estimate of drug-likeness (QED) is 0.301. The van der Waals surface area contributed by atoms with Crippen LogP contribution < -0.4 is 0 Å². The Morgan fingerprint density at radius 3 is 2.08 bits per heavy atom. The second kappa shape index (κ2) is 6.01. The molecule has 0 saturated carbocycles. The van der Waals surface area contributed by atoms with Crippen molar-refractivity contribution in [2.75, 3.05) is 13.7 Å². The van der Waals surface area contributed by atoms with Gasteiger partial charge in [-0.2, -0.15) is 0 Å². The van der Waals surface area contributed by atoms with Gasteiger partial charge >= 0.3 is 0 Å². The fourth-order valence-corrected chi connectivity index (χ4v) is 0.779. The van der Waals surface area contributed by atoms with Gasteiger partial charge in [0.15, 0.2) is 0 Å². The molecule has 0 aromatic rings.